The fraction of sp³-hybridized carbons (Fsp3) is 0.552. The molecule has 0 aromatic heterocycles. The first-order chi connectivity index (χ1) is 17.3. The van der Waals surface area contributed by atoms with Crippen LogP contribution in [-0.2, 0) is 10.2 Å². The zero-order chi connectivity index (χ0) is 25.9. The van der Waals surface area contributed by atoms with E-state index in [1.165, 1.54) is 0 Å². The number of carbonyl (C=O) groups excluding carboxylic acids is 1. The molecule has 1 heterocycles. The van der Waals surface area contributed by atoms with Crippen LogP contribution in [0.25, 0.3) is 0 Å². The van der Waals surface area contributed by atoms with E-state index in [9.17, 15) is 18.0 Å². The Bertz CT molecular complexity index is 865. The summed E-state index contributed by atoms with van der Waals surface area (Å²) < 4.78 is 36.3. The predicted molar refractivity (Wildman–Crippen MR) is 139 cm³/mol. The van der Waals surface area contributed by atoms with E-state index in [-0.39, 0.29) is 11.8 Å². The summed E-state index contributed by atoms with van der Waals surface area (Å²) in [6.07, 6.45) is 4.14. The summed E-state index contributed by atoms with van der Waals surface area (Å²) in [5.74, 6) is -0.175. The van der Waals surface area contributed by atoms with Crippen molar-refractivity contribution in [2.24, 2.45) is 11.7 Å². The SMILES string of the molecule is NC(=O)C(c1ccccc1)(c1ccccc1)C1CCN(CCCCCCCCCNCC(F)(F)F)C1. The van der Waals surface area contributed by atoms with Gasteiger partial charge in [0.2, 0.25) is 5.91 Å². The van der Waals surface area contributed by atoms with Crippen LogP contribution in [0.1, 0.15) is 62.5 Å². The summed E-state index contributed by atoms with van der Waals surface area (Å²) in [5.41, 5.74) is 7.26. The van der Waals surface area contributed by atoms with Crippen LogP contribution in [0.3, 0.4) is 0 Å². The first kappa shape index (κ1) is 28.2. The van der Waals surface area contributed by atoms with Gasteiger partial charge in [0.15, 0.2) is 0 Å². The third kappa shape index (κ3) is 7.81. The number of unbranched alkanes of at least 4 members (excludes halogenated alkanes) is 6. The van der Waals surface area contributed by atoms with E-state index in [0.29, 0.717) is 6.54 Å². The maximum absolute atomic E-state index is 13.2. The monoisotopic (exact) mass is 503 g/mol. The molecule has 1 aliphatic heterocycles. The van der Waals surface area contributed by atoms with Crippen LogP contribution in [0, 0.1) is 5.92 Å². The Kier molecular flexibility index (Phi) is 10.8. The molecule has 4 nitrogen and oxygen atoms in total. The maximum Gasteiger partial charge on any atom is 0.401 e. The molecular weight excluding hydrogens is 463 g/mol. The summed E-state index contributed by atoms with van der Waals surface area (Å²) in [4.78, 5) is 15.6. The molecule has 0 bridgehead atoms. The van der Waals surface area contributed by atoms with Gasteiger partial charge in [0.25, 0.3) is 0 Å². The number of primary amides is 1. The molecule has 36 heavy (non-hydrogen) atoms. The first-order valence-corrected chi connectivity index (χ1v) is 13.2. The zero-order valence-corrected chi connectivity index (χ0v) is 21.1. The molecule has 0 spiro atoms. The smallest absolute Gasteiger partial charge is 0.369 e. The van der Waals surface area contributed by atoms with Gasteiger partial charge in [-0.1, -0.05) is 92.8 Å². The highest BCUT2D eigenvalue weighted by atomic mass is 19.4. The second-order valence-corrected chi connectivity index (χ2v) is 9.96. The molecule has 3 N–H and O–H groups in total. The Morgan fingerprint density at radius 2 is 1.39 bits per heavy atom. The third-order valence-electron chi connectivity index (χ3n) is 7.39. The average molecular weight is 504 g/mol. The number of nitrogens with two attached hydrogens (primary N) is 1. The van der Waals surface area contributed by atoms with Gasteiger partial charge < -0.3 is 16.0 Å². The topological polar surface area (TPSA) is 58.4 Å². The van der Waals surface area contributed by atoms with Crippen LogP contribution in [0.4, 0.5) is 13.2 Å². The molecule has 198 valence electrons. The minimum Gasteiger partial charge on any atom is -0.369 e. The van der Waals surface area contributed by atoms with Gasteiger partial charge in [0, 0.05) is 6.54 Å². The predicted octanol–water partition coefficient (Wildman–Crippen LogP) is 5.66. The highest BCUT2D eigenvalue weighted by Crippen LogP contribution is 2.43. The van der Waals surface area contributed by atoms with Crippen molar-refractivity contribution in [3.05, 3.63) is 71.8 Å². The van der Waals surface area contributed by atoms with Gasteiger partial charge >= 0.3 is 6.18 Å². The lowest BCUT2D eigenvalue weighted by atomic mass is 9.64. The number of hydrogen-bond acceptors (Lipinski definition) is 3. The summed E-state index contributed by atoms with van der Waals surface area (Å²) in [7, 11) is 0. The van der Waals surface area contributed by atoms with Crippen LogP contribution >= 0.6 is 0 Å². The molecule has 1 unspecified atom stereocenters. The average Bonchev–Trinajstić information content (AvgIpc) is 3.32. The number of carbonyl (C=O) groups is 1. The summed E-state index contributed by atoms with van der Waals surface area (Å²) in [6, 6.07) is 19.9. The molecule has 0 radical (unpaired) electrons. The molecule has 1 saturated heterocycles. The van der Waals surface area contributed by atoms with E-state index in [1.807, 2.05) is 60.7 Å². The van der Waals surface area contributed by atoms with Crippen LogP contribution in [0.2, 0.25) is 0 Å². The number of nitrogens with one attached hydrogen (secondary N) is 1. The minimum atomic E-state index is -4.13. The van der Waals surface area contributed by atoms with Crippen LogP contribution in [0.15, 0.2) is 60.7 Å². The first-order valence-electron chi connectivity index (χ1n) is 13.2. The molecule has 3 rings (SSSR count). The number of alkyl halides is 3. The lowest BCUT2D eigenvalue weighted by Gasteiger charge is -2.37. The second kappa shape index (κ2) is 13.8. The number of nitrogens with zero attached hydrogens (tertiary/aromatic N) is 1. The highest BCUT2D eigenvalue weighted by molar-refractivity contribution is 5.91. The number of halogens is 3. The van der Waals surface area contributed by atoms with Crippen molar-refractivity contribution in [1.82, 2.24) is 10.2 Å². The number of hydrogen-bond donors (Lipinski definition) is 2. The van der Waals surface area contributed by atoms with Gasteiger partial charge in [0.1, 0.15) is 5.41 Å². The van der Waals surface area contributed by atoms with Gasteiger partial charge in [-0.15, -0.1) is 0 Å². The molecule has 1 fully saturated rings. The minimum absolute atomic E-state index is 0.116. The Morgan fingerprint density at radius 3 is 1.92 bits per heavy atom. The van der Waals surface area contributed by atoms with Gasteiger partial charge in [-0.3, -0.25) is 4.79 Å². The standard InChI is InChI=1S/C29H40F3N3O/c30-28(31,32)23-34-19-12-4-2-1-3-5-13-20-35-21-18-26(22-35)29(27(33)36,24-14-8-6-9-15-24)25-16-10-7-11-17-25/h6-11,14-17,26,34H,1-5,12-13,18-23H2,(H2,33,36). The molecule has 0 aliphatic carbocycles. The van der Waals surface area contributed by atoms with Gasteiger partial charge in [-0.25, -0.2) is 0 Å². The highest BCUT2D eigenvalue weighted by Gasteiger charge is 2.49. The van der Waals surface area contributed by atoms with Crippen molar-refractivity contribution < 1.29 is 18.0 Å². The van der Waals surface area contributed by atoms with Crippen molar-refractivity contribution in [3.63, 3.8) is 0 Å². The molecule has 1 amide bonds. The molecule has 1 aliphatic rings. The van der Waals surface area contributed by atoms with E-state index >= 15 is 0 Å². The van der Waals surface area contributed by atoms with Crippen molar-refractivity contribution in [2.45, 2.75) is 63.0 Å². The van der Waals surface area contributed by atoms with Gasteiger partial charge in [0.05, 0.1) is 6.54 Å². The van der Waals surface area contributed by atoms with E-state index in [2.05, 4.69) is 10.2 Å². The van der Waals surface area contributed by atoms with Crippen molar-refractivity contribution in [1.29, 1.82) is 0 Å². The quantitative estimate of drug-likeness (QED) is 0.308. The van der Waals surface area contributed by atoms with E-state index in [1.54, 1.807) is 0 Å². The molecule has 0 saturated carbocycles. The number of amides is 1. The Balaban J connectivity index is 1.44. The molecule has 2 aromatic carbocycles. The van der Waals surface area contributed by atoms with Crippen LogP contribution < -0.4 is 11.1 Å². The number of likely N-dealkylation sites (tertiary alicyclic amines) is 1. The summed E-state index contributed by atoms with van der Waals surface area (Å²) in [6.45, 7) is 2.34. The van der Waals surface area contributed by atoms with E-state index in [0.717, 1.165) is 82.1 Å². The van der Waals surface area contributed by atoms with Gasteiger partial charge in [-0.2, -0.15) is 13.2 Å². The number of rotatable bonds is 15. The van der Waals surface area contributed by atoms with Crippen molar-refractivity contribution in [2.75, 3.05) is 32.7 Å². The Morgan fingerprint density at radius 1 is 0.861 bits per heavy atom. The summed E-state index contributed by atoms with van der Waals surface area (Å²) >= 11 is 0. The normalized spacial score (nSPS) is 16.9. The molecule has 1 atom stereocenters. The molecule has 2 aromatic rings. The Hall–Kier alpha value is -2.38. The Labute approximate surface area is 213 Å². The molecular formula is C29H40F3N3O. The van der Waals surface area contributed by atoms with Gasteiger partial charge in [-0.05, 0) is 55.9 Å². The van der Waals surface area contributed by atoms with Crippen molar-refractivity contribution >= 4 is 5.91 Å². The van der Waals surface area contributed by atoms with Crippen molar-refractivity contribution in [3.8, 4) is 0 Å². The maximum atomic E-state index is 13.2. The lowest BCUT2D eigenvalue weighted by Crippen LogP contribution is -2.49. The van der Waals surface area contributed by atoms with E-state index < -0.39 is 18.1 Å². The lowest BCUT2D eigenvalue weighted by molar-refractivity contribution is -0.125. The number of benzene rings is 2. The molecule has 7 heteroatoms. The zero-order valence-electron chi connectivity index (χ0n) is 21.1. The summed E-state index contributed by atoms with van der Waals surface area (Å²) in [5, 5.41) is 2.45. The third-order valence-corrected chi connectivity index (χ3v) is 7.39. The van der Waals surface area contributed by atoms with E-state index in [4.69, 9.17) is 5.73 Å². The fourth-order valence-electron chi connectivity index (χ4n) is 5.61. The van der Waals surface area contributed by atoms with Crippen LogP contribution in [-0.4, -0.2) is 49.7 Å². The largest absolute Gasteiger partial charge is 0.401 e. The van der Waals surface area contributed by atoms with Crippen LogP contribution in [0.5, 0.6) is 0 Å². The fourth-order valence-corrected chi connectivity index (χ4v) is 5.61. The second-order valence-electron chi connectivity index (χ2n) is 9.96.